The molecule has 9 nitrogen and oxygen atoms in total. The van der Waals surface area contributed by atoms with Gasteiger partial charge >= 0.3 is 12.2 Å². The average molecular weight is 494 g/mol. The van der Waals surface area contributed by atoms with E-state index in [0.29, 0.717) is 18.9 Å². The number of hydrogen-bond acceptors (Lipinski definition) is 7. The van der Waals surface area contributed by atoms with Crippen molar-refractivity contribution in [2.24, 2.45) is 0 Å². The molecule has 5 aromatic rings. The van der Waals surface area contributed by atoms with E-state index in [4.69, 9.17) is 9.52 Å². The molecular weight excluding hydrogens is 473 g/mol. The second kappa shape index (κ2) is 8.18. The van der Waals surface area contributed by atoms with Gasteiger partial charge in [-0.3, -0.25) is 4.98 Å². The maximum Gasteiger partial charge on any atom is 0.417 e. The number of halogens is 3. The summed E-state index contributed by atoms with van der Waals surface area (Å²) in [5.74, 6) is 0.346. The fraction of sp³-hybridized carbons (Fsp3) is 0.292. The van der Waals surface area contributed by atoms with E-state index < -0.39 is 17.8 Å². The summed E-state index contributed by atoms with van der Waals surface area (Å²) < 4.78 is 46.5. The molecule has 1 atom stereocenters. The third-order valence-corrected chi connectivity index (χ3v) is 6.35. The zero-order chi connectivity index (χ0) is 25.0. The van der Waals surface area contributed by atoms with Gasteiger partial charge in [-0.1, -0.05) is 25.0 Å². The monoisotopic (exact) mass is 494 g/mol. The van der Waals surface area contributed by atoms with Crippen molar-refractivity contribution in [1.82, 2.24) is 34.8 Å². The first-order chi connectivity index (χ1) is 17.3. The van der Waals surface area contributed by atoms with E-state index in [1.54, 1.807) is 6.33 Å². The molecule has 0 spiro atoms. The number of aromatic nitrogens is 7. The minimum atomic E-state index is -4.47. The third kappa shape index (κ3) is 3.69. The fourth-order valence-electron chi connectivity index (χ4n) is 4.58. The highest BCUT2D eigenvalue weighted by Crippen LogP contribution is 2.38. The lowest BCUT2D eigenvalue weighted by molar-refractivity contribution is -0.137. The first kappa shape index (κ1) is 22.3. The van der Waals surface area contributed by atoms with E-state index in [1.165, 1.54) is 11.6 Å². The van der Waals surface area contributed by atoms with Crippen molar-refractivity contribution in [2.45, 2.75) is 38.4 Å². The number of pyridine rings is 2. The Kier molecular flexibility index (Phi) is 5.06. The number of anilines is 1. The van der Waals surface area contributed by atoms with Crippen molar-refractivity contribution >= 4 is 11.5 Å². The van der Waals surface area contributed by atoms with Gasteiger partial charge in [0.05, 0.1) is 28.8 Å². The van der Waals surface area contributed by atoms with Gasteiger partial charge in [0, 0.05) is 31.1 Å². The lowest BCUT2D eigenvalue weighted by atomic mass is 9.99. The van der Waals surface area contributed by atoms with E-state index in [2.05, 4.69) is 45.1 Å². The number of alkyl halides is 3. The van der Waals surface area contributed by atoms with Crippen LogP contribution in [0.5, 0.6) is 0 Å². The van der Waals surface area contributed by atoms with Crippen molar-refractivity contribution in [3.05, 3.63) is 77.3 Å². The average Bonchev–Trinajstić information content (AvgIpc) is 3.61. The van der Waals surface area contributed by atoms with Crippen LogP contribution in [0.4, 0.5) is 19.2 Å². The second-order valence-corrected chi connectivity index (χ2v) is 8.95. The molecule has 12 heteroatoms. The van der Waals surface area contributed by atoms with Crippen molar-refractivity contribution in [3.63, 3.8) is 0 Å². The van der Waals surface area contributed by atoms with E-state index in [9.17, 15) is 13.2 Å². The molecular formula is C24H21F3N8O. The van der Waals surface area contributed by atoms with Gasteiger partial charge in [0.15, 0.2) is 0 Å². The number of fused-ring (bicyclic) bond motifs is 2. The normalized spacial score (nSPS) is 16.2. The molecule has 0 amide bonds. The summed E-state index contributed by atoms with van der Waals surface area (Å²) in [5, 5.41) is 13.1. The molecule has 0 fully saturated rings. The van der Waals surface area contributed by atoms with Crippen LogP contribution >= 0.6 is 0 Å². The lowest BCUT2D eigenvalue weighted by Gasteiger charge is -2.32. The smallest absolute Gasteiger partial charge is 0.402 e. The Bertz CT molecular complexity index is 1530. The van der Waals surface area contributed by atoms with E-state index >= 15 is 0 Å². The third-order valence-electron chi connectivity index (χ3n) is 6.35. The highest BCUT2D eigenvalue weighted by Gasteiger charge is 2.36. The van der Waals surface area contributed by atoms with Gasteiger partial charge in [0.1, 0.15) is 11.7 Å². The molecule has 184 valence electrons. The van der Waals surface area contributed by atoms with Crippen LogP contribution in [0.2, 0.25) is 0 Å². The Hall–Kier alpha value is -4.22. The zero-order valence-corrected chi connectivity index (χ0v) is 19.4. The summed E-state index contributed by atoms with van der Waals surface area (Å²) >= 11 is 0. The van der Waals surface area contributed by atoms with Gasteiger partial charge in [0.2, 0.25) is 0 Å². The fourth-order valence-corrected chi connectivity index (χ4v) is 4.58. The lowest BCUT2D eigenvalue weighted by Crippen LogP contribution is -2.36. The van der Waals surface area contributed by atoms with Crippen molar-refractivity contribution in [1.29, 1.82) is 0 Å². The molecule has 1 aliphatic heterocycles. The number of rotatable bonds is 4. The molecule has 0 saturated heterocycles. The minimum absolute atomic E-state index is 0.0300. The summed E-state index contributed by atoms with van der Waals surface area (Å²) in [5.41, 5.74) is 4.07. The van der Waals surface area contributed by atoms with Gasteiger partial charge in [0.25, 0.3) is 5.89 Å². The number of imidazole rings is 1. The summed E-state index contributed by atoms with van der Waals surface area (Å²) in [6.07, 6.45) is 0.512. The Morgan fingerprint density at radius 1 is 1.14 bits per heavy atom. The maximum atomic E-state index is 12.9. The van der Waals surface area contributed by atoms with Crippen molar-refractivity contribution in [2.75, 3.05) is 11.4 Å². The number of nitrogens with one attached hydrogen (secondary N) is 1. The summed E-state index contributed by atoms with van der Waals surface area (Å²) in [4.78, 5) is 13.5. The Morgan fingerprint density at radius 3 is 2.75 bits per heavy atom. The molecule has 1 N–H and O–H groups in total. The Balaban J connectivity index is 1.40. The van der Waals surface area contributed by atoms with Gasteiger partial charge < -0.3 is 14.3 Å². The first-order valence-corrected chi connectivity index (χ1v) is 11.4. The maximum absolute atomic E-state index is 12.9. The topological polar surface area (TPSA) is 101 Å². The zero-order valence-electron chi connectivity index (χ0n) is 19.4. The Labute approximate surface area is 203 Å². The van der Waals surface area contributed by atoms with E-state index in [-0.39, 0.29) is 17.6 Å². The van der Waals surface area contributed by atoms with Crippen LogP contribution in [0.3, 0.4) is 0 Å². The summed E-state index contributed by atoms with van der Waals surface area (Å²) in [6.45, 7) is 4.82. The van der Waals surface area contributed by atoms with Gasteiger partial charge in [-0.2, -0.15) is 18.3 Å². The second-order valence-electron chi connectivity index (χ2n) is 8.95. The quantitative estimate of drug-likeness (QED) is 0.383. The molecule has 0 radical (unpaired) electrons. The molecule has 0 unspecified atom stereocenters. The summed E-state index contributed by atoms with van der Waals surface area (Å²) in [7, 11) is 0. The molecule has 36 heavy (non-hydrogen) atoms. The molecule has 6 rings (SSSR count). The SMILES string of the molecule is CC(C)c1cccn2nc([C@H]3c4nc[nH]c4CCN3c3nnc(-c4ccc(C(F)(F)F)cn4)o3)cc12. The molecule has 5 aromatic heterocycles. The van der Waals surface area contributed by atoms with Crippen molar-refractivity contribution < 1.29 is 17.6 Å². The number of H-pyrrole nitrogens is 1. The van der Waals surface area contributed by atoms with Crippen LogP contribution in [0.1, 0.15) is 54.0 Å². The van der Waals surface area contributed by atoms with Crippen LogP contribution in [0.15, 0.2) is 53.5 Å². The van der Waals surface area contributed by atoms with E-state index in [1.807, 2.05) is 27.7 Å². The minimum Gasteiger partial charge on any atom is -0.402 e. The van der Waals surface area contributed by atoms with Crippen LogP contribution in [0.25, 0.3) is 17.1 Å². The molecule has 0 aliphatic carbocycles. The summed E-state index contributed by atoms with van der Waals surface area (Å²) in [6, 6.07) is 8.08. The van der Waals surface area contributed by atoms with Gasteiger partial charge in [-0.15, -0.1) is 5.10 Å². The van der Waals surface area contributed by atoms with Crippen LogP contribution in [-0.4, -0.2) is 41.3 Å². The predicted molar refractivity (Wildman–Crippen MR) is 123 cm³/mol. The Morgan fingerprint density at radius 2 is 2.00 bits per heavy atom. The van der Waals surface area contributed by atoms with Gasteiger partial charge in [-0.25, -0.2) is 9.50 Å². The number of nitrogens with zero attached hydrogens (tertiary/aromatic N) is 7. The van der Waals surface area contributed by atoms with Crippen LogP contribution in [0, 0.1) is 0 Å². The van der Waals surface area contributed by atoms with Crippen molar-refractivity contribution in [3.8, 4) is 11.6 Å². The molecule has 0 bridgehead atoms. The molecule has 1 aliphatic rings. The molecule has 0 aromatic carbocycles. The number of hydrogen-bond donors (Lipinski definition) is 1. The highest BCUT2D eigenvalue weighted by atomic mass is 19.4. The predicted octanol–water partition coefficient (Wildman–Crippen LogP) is 4.80. The molecule has 0 saturated carbocycles. The van der Waals surface area contributed by atoms with E-state index in [0.717, 1.165) is 34.9 Å². The van der Waals surface area contributed by atoms with Crippen LogP contribution < -0.4 is 4.90 Å². The first-order valence-electron chi connectivity index (χ1n) is 11.4. The number of aromatic amines is 1. The molecule has 6 heterocycles. The van der Waals surface area contributed by atoms with Crippen LogP contribution in [-0.2, 0) is 12.6 Å². The standard InChI is InChI=1S/C24H21F3N8O/c1-13(2)15-4-3-8-35-19(15)10-18(33-35)21-20-16(29-12-30-20)7-9-34(21)23-32-31-22(36-23)17-6-5-14(11-28-17)24(25,26)27/h3-6,8,10-13,21H,7,9H2,1-2H3,(H,29,30)/t21-/m0/s1. The van der Waals surface area contributed by atoms with Gasteiger partial charge in [-0.05, 0) is 35.7 Å². The largest absolute Gasteiger partial charge is 0.417 e. The highest BCUT2D eigenvalue weighted by molar-refractivity contribution is 5.59.